The molecule has 0 bridgehead atoms. The van der Waals surface area contributed by atoms with Crippen LogP contribution in [-0.4, -0.2) is 20.1 Å². The number of hydrogen-bond donors (Lipinski definition) is 1. The fraction of sp³-hybridized carbons (Fsp3) is 0.333. The van der Waals surface area contributed by atoms with Gasteiger partial charge in [-0.15, -0.1) is 5.10 Å². The summed E-state index contributed by atoms with van der Waals surface area (Å²) in [4.78, 5) is 0. The van der Waals surface area contributed by atoms with Crippen molar-refractivity contribution in [2.24, 2.45) is 0 Å². The molecule has 0 amide bonds. The molecule has 0 saturated heterocycles. The predicted molar refractivity (Wildman–Crippen MR) is 68.6 cm³/mol. The van der Waals surface area contributed by atoms with Crippen LogP contribution in [0.5, 0.6) is 0 Å². The van der Waals surface area contributed by atoms with Crippen molar-refractivity contribution < 1.29 is 5.11 Å². The number of rotatable bonds is 3. The summed E-state index contributed by atoms with van der Waals surface area (Å²) >= 11 is 3.44. The third kappa shape index (κ3) is 2.40. The number of hydrogen-bond acceptors (Lipinski definition) is 3. The van der Waals surface area contributed by atoms with Gasteiger partial charge in [0.15, 0.2) is 0 Å². The van der Waals surface area contributed by atoms with Crippen LogP contribution in [0.15, 0.2) is 28.9 Å². The van der Waals surface area contributed by atoms with E-state index in [-0.39, 0.29) is 0 Å². The van der Waals surface area contributed by atoms with E-state index in [4.69, 9.17) is 0 Å². The molecule has 1 N–H and O–H groups in total. The van der Waals surface area contributed by atoms with E-state index in [1.807, 2.05) is 32.0 Å². The van der Waals surface area contributed by atoms with Crippen LogP contribution >= 0.6 is 15.9 Å². The van der Waals surface area contributed by atoms with E-state index in [2.05, 4.69) is 26.2 Å². The molecule has 1 heterocycles. The molecule has 0 saturated carbocycles. The number of aliphatic hydroxyl groups excluding tert-OH is 1. The Morgan fingerprint density at radius 2 is 2.24 bits per heavy atom. The molecule has 2 aromatic rings. The average molecular weight is 296 g/mol. The zero-order chi connectivity index (χ0) is 12.4. The van der Waals surface area contributed by atoms with Gasteiger partial charge in [0.25, 0.3) is 0 Å². The number of aromatic nitrogens is 3. The van der Waals surface area contributed by atoms with E-state index in [9.17, 15) is 5.11 Å². The normalized spacial score (nSPS) is 12.7. The first-order valence-electron chi connectivity index (χ1n) is 5.46. The van der Waals surface area contributed by atoms with Gasteiger partial charge in [-0.1, -0.05) is 33.3 Å². The second-order valence-corrected chi connectivity index (χ2v) is 4.74. The van der Waals surface area contributed by atoms with E-state index in [0.717, 1.165) is 15.6 Å². The van der Waals surface area contributed by atoms with Crippen molar-refractivity contribution in [1.29, 1.82) is 0 Å². The third-order valence-corrected chi connectivity index (χ3v) is 3.61. The minimum Gasteiger partial charge on any atom is -0.382 e. The molecule has 4 nitrogen and oxygen atoms in total. The lowest BCUT2D eigenvalue weighted by Crippen LogP contribution is -2.09. The van der Waals surface area contributed by atoms with Crippen LogP contribution in [-0.2, 0) is 6.54 Å². The Kier molecular flexibility index (Phi) is 3.59. The predicted octanol–water partition coefficient (Wildman–Crippen LogP) is 2.45. The minimum absolute atomic E-state index is 0.684. The molecule has 90 valence electrons. The van der Waals surface area contributed by atoms with Gasteiger partial charge in [0.05, 0.1) is 11.9 Å². The monoisotopic (exact) mass is 295 g/mol. The summed E-state index contributed by atoms with van der Waals surface area (Å²) in [5.41, 5.74) is 2.66. The van der Waals surface area contributed by atoms with Crippen molar-refractivity contribution in [3.8, 4) is 0 Å². The topological polar surface area (TPSA) is 50.9 Å². The van der Waals surface area contributed by atoms with Gasteiger partial charge in [0.2, 0.25) is 0 Å². The molecule has 5 heteroatoms. The first kappa shape index (κ1) is 12.3. The van der Waals surface area contributed by atoms with Crippen LogP contribution in [0.1, 0.15) is 29.8 Å². The number of aryl methyl sites for hydroxylation is 2. The SMILES string of the molecule is CCn1nncc1C(O)c1ccc(Br)c(C)c1. The zero-order valence-electron chi connectivity index (χ0n) is 9.76. The molecule has 17 heavy (non-hydrogen) atoms. The van der Waals surface area contributed by atoms with Gasteiger partial charge in [-0.25, -0.2) is 4.68 Å². The summed E-state index contributed by atoms with van der Waals surface area (Å²) in [6.45, 7) is 4.66. The Balaban J connectivity index is 2.36. The van der Waals surface area contributed by atoms with E-state index in [1.54, 1.807) is 10.9 Å². The van der Waals surface area contributed by atoms with Gasteiger partial charge < -0.3 is 5.11 Å². The van der Waals surface area contributed by atoms with Crippen molar-refractivity contribution >= 4 is 15.9 Å². The quantitative estimate of drug-likeness (QED) is 0.946. The molecule has 1 atom stereocenters. The maximum Gasteiger partial charge on any atom is 0.122 e. The molecule has 0 spiro atoms. The molecule has 1 aromatic carbocycles. The molecule has 0 aliphatic rings. The smallest absolute Gasteiger partial charge is 0.122 e. The lowest BCUT2D eigenvalue weighted by atomic mass is 10.0. The summed E-state index contributed by atoms with van der Waals surface area (Å²) in [6, 6.07) is 5.80. The minimum atomic E-state index is -0.684. The first-order chi connectivity index (χ1) is 8.13. The Hall–Kier alpha value is -1.20. The van der Waals surface area contributed by atoms with Crippen LogP contribution in [0.4, 0.5) is 0 Å². The largest absolute Gasteiger partial charge is 0.382 e. The van der Waals surface area contributed by atoms with Gasteiger partial charge in [-0.05, 0) is 31.0 Å². The molecule has 1 unspecified atom stereocenters. The highest BCUT2D eigenvalue weighted by Crippen LogP contribution is 2.25. The molecule has 0 aliphatic heterocycles. The fourth-order valence-corrected chi connectivity index (χ4v) is 1.98. The van der Waals surface area contributed by atoms with E-state index >= 15 is 0 Å². The van der Waals surface area contributed by atoms with Crippen LogP contribution in [0.25, 0.3) is 0 Å². The van der Waals surface area contributed by atoms with Crippen LogP contribution in [0.3, 0.4) is 0 Å². The van der Waals surface area contributed by atoms with Crippen molar-refractivity contribution in [3.63, 3.8) is 0 Å². The van der Waals surface area contributed by atoms with Crippen molar-refractivity contribution in [2.45, 2.75) is 26.5 Å². The fourth-order valence-electron chi connectivity index (χ4n) is 1.73. The van der Waals surface area contributed by atoms with Gasteiger partial charge >= 0.3 is 0 Å². The standard InChI is InChI=1S/C12H14BrN3O/c1-3-16-11(7-14-15-16)12(17)9-4-5-10(13)8(2)6-9/h4-7,12,17H,3H2,1-2H3. The summed E-state index contributed by atoms with van der Waals surface area (Å²) in [5, 5.41) is 18.0. The van der Waals surface area contributed by atoms with Gasteiger partial charge in [-0.3, -0.25) is 0 Å². The first-order valence-corrected chi connectivity index (χ1v) is 6.25. The summed E-state index contributed by atoms with van der Waals surface area (Å²) < 4.78 is 2.73. The molecule has 0 aliphatic carbocycles. The van der Waals surface area contributed by atoms with E-state index in [0.29, 0.717) is 12.2 Å². The molecular weight excluding hydrogens is 282 g/mol. The summed E-state index contributed by atoms with van der Waals surface area (Å²) in [7, 11) is 0. The maximum atomic E-state index is 10.3. The molecule has 1 aromatic heterocycles. The molecule has 0 radical (unpaired) electrons. The average Bonchev–Trinajstić information content (AvgIpc) is 2.80. The number of benzene rings is 1. The van der Waals surface area contributed by atoms with E-state index < -0.39 is 6.10 Å². The highest BCUT2D eigenvalue weighted by atomic mass is 79.9. The molecule has 2 rings (SSSR count). The second kappa shape index (κ2) is 4.98. The Bertz CT molecular complexity index is 524. The molecule has 0 fully saturated rings. The maximum absolute atomic E-state index is 10.3. The summed E-state index contributed by atoms with van der Waals surface area (Å²) in [5.74, 6) is 0. The van der Waals surface area contributed by atoms with E-state index in [1.165, 1.54) is 0 Å². The Labute approximate surface area is 108 Å². The van der Waals surface area contributed by atoms with Crippen LogP contribution in [0, 0.1) is 6.92 Å². The zero-order valence-corrected chi connectivity index (χ0v) is 11.3. The highest BCUT2D eigenvalue weighted by molar-refractivity contribution is 9.10. The van der Waals surface area contributed by atoms with Gasteiger partial charge in [0.1, 0.15) is 6.10 Å². The number of aliphatic hydroxyl groups is 1. The van der Waals surface area contributed by atoms with Crippen molar-refractivity contribution in [2.75, 3.05) is 0 Å². The lowest BCUT2D eigenvalue weighted by molar-refractivity contribution is 0.208. The van der Waals surface area contributed by atoms with Gasteiger partial charge in [0, 0.05) is 11.0 Å². The second-order valence-electron chi connectivity index (χ2n) is 3.89. The van der Waals surface area contributed by atoms with Crippen molar-refractivity contribution in [3.05, 3.63) is 45.7 Å². The summed E-state index contributed by atoms with van der Waals surface area (Å²) in [6.07, 6.45) is 0.919. The molecular formula is C12H14BrN3O. The Morgan fingerprint density at radius 3 is 2.88 bits per heavy atom. The number of halogens is 1. The number of nitrogens with zero attached hydrogens (tertiary/aromatic N) is 3. The Morgan fingerprint density at radius 1 is 1.47 bits per heavy atom. The van der Waals surface area contributed by atoms with Crippen LogP contribution in [0.2, 0.25) is 0 Å². The van der Waals surface area contributed by atoms with Crippen LogP contribution < -0.4 is 0 Å². The lowest BCUT2D eigenvalue weighted by Gasteiger charge is -2.12. The third-order valence-electron chi connectivity index (χ3n) is 2.73. The van der Waals surface area contributed by atoms with Gasteiger partial charge in [-0.2, -0.15) is 0 Å². The van der Waals surface area contributed by atoms with Crippen molar-refractivity contribution in [1.82, 2.24) is 15.0 Å². The highest BCUT2D eigenvalue weighted by Gasteiger charge is 2.16.